The molecule has 6 heteroatoms. The van der Waals surface area contributed by atoms with Crippen LogP contribution in [0.1, 0.15) is 27.2 Å². The minimum atomic E-state index is -0.219. The molecule has 1 rings (SSSR count). The molecule has 106 valence electrons. The van der Waals surface area contributed by atoms with Crippen molar-refractivity contribution in [1.29, 1.82) is 0 Å². The van der Waals surface area contributed by atoms with Crippen LogP contribution in [-0.2, 0) is 0 Å². The molecule has 1 heterocycles. The summed E-state index contributed by atoms with van der Waals surface area (Å²) < 4.78 is 0. The SMILES string of the molecule is CC(C)(C)CN(CCCO)C(=O)Nc1cccnn1. The van der Waals surface area contributed by atoms with Crippen LogP contribution in [0.25, 0.3) is 0 Å². The third-order valence-corrected chi connectivity index (χ3v) is 2.35. The number of aliphatic hydroxyl groups is 1. The van der Waals surface area contributed by atoms with Crippen molar-refractivity contribution in [3.05, 3.63) is 18.3 Å². The van der Waals surface area contributed by atoms with E-state index in [2.05, 4.69) is 36.3 Å². The first-order valence-corrected chi connectivity index (χ1v) is 6.37. The molecule has 0 fully saturated rings. The van der Waals surface area contributed by atoms with Crippen LogP contribution in [0.2, 0.25) is 0 Å². The van der Waals surface area contributed by atoms with Crippen molar-refractivity contribution in [1.82, 2.24) is 15.1 Å². The van der Waals surface area contributed by atoms with Crippen LogP contribution in [0.5, 0.6) is 0 Å². The fraction of sp³-hybridized carbons (Fsp3) is 0.615. The van der Waals surface area contributed by atoms with E-state index in [4.69, 9.17) is 5.11 Å². The molecular weight excluding hydrogens is 244 g/mol. The number of hydrogen-bond acceptors (Lipinski definition) is 4. The summed E-state index contributed by atoms with van der Waals surface area (Å²) in [5.41, 5.74) is -0.00480. The second-order valence-corrected chi connectivity index (χ2v) is 5.60. The van der Waals surface area contributed by atoms with Crippen molar-refractivity contribution in [3.8, 4) is 0 Å². The summed E-state index contributed by atoms with van der Waals surface area (Å²) in [5.74, 6) is 0.426. The van der Waals surface area contributed by atoms with Gasteiger partial charge in [-0.3, -0.25) is 5.32 Å². The minimum Gasteiger partial charge on any atom is -0.396 e. The molecule has 0 unspecified atom stereocenters. The number of nitrogens with one attached hydrogen (secondary N) is 1. The van der Waals surface area contributed by atoms with E-state index in [1.54, 1.807) is 23.2 Å². The lowest BCUT2D eigenvalue weighted by atomic mass is 9.96. The Labute approximate surface area is 113 Å². The van der Waals surface area contributed by atoms with Crippen molar-refractivity contribution in [2.45, 2.75) is 27.2 Å². The van der Waals surface area contributed by atoms with Crippen LogP contribution >= 0.6 is 0 Å². The van der Waals surface area contributed by atoms with Gasteiger partial charge in [-0.1, -0.05) is 20.8 Å². The van der Waals surface area contributed by atoms with Crippen LogP contribution in [-0.4, -0.2) is 45.9 Å². The topological polar surface area (TPSA) is 78.4 Å². The number of aromatic nitrogens is 2. The fourth-order valence-electron chi connectivity index (χ4n) is 1.64. The highest BCUT2D eigenvalue weighted by Gasteiger charge is 2.20. The van der Waals surface area contributed by atoms with E-state index in [0.717, 1.165) is 0 Å². The van der Waals surface area contributed by atoms with E-state index in [0.29, 0.717) is 25.3 Å². The van der Waals surface area contributed by atoms with Gasteiger partial charge in [-0.15, -0.1) is 5.10 Å². The van der Waals surface area contributed by atoms with Gasteiger partial charge in [-0.2, -0.15) is 5.10 Å². The molecule has 2 amide bonds. The van der Waals surface area contributed by atoms with Crippen LogP contribution in [0.3, 0.4) is 0 Å². The normalized spacial score (nSPS) is 11.2. The van der Waals surface area contributed by atoms with Crippen molar-refractivity contribution >= 4 is 11.8 Å². The van der Waals surface area contributed by atoms with E-state index in [9.17, 15) is 4.79 Å². The van der Waals surface area contributed by atoms with Crippen LogP contribution < -0.4 is 5.32 Å². The largest absolute Gasteiger partial charge is 0.396 e. The Balaban J connectivity index is 2.65. The van der Waals surface area contributed by atoms with Gasteiger partial charge in [0.15, 0.2) is 5.82 Å². The van der Waals surface area contributed by atoms with Gasteiger partial charge in [0.25, 0.3) is 0 Å². The Morgan fingerprint density at radius 3 is 2.74 bits per heavy atom. The number of nitrogens with zero attached hydrogens (tertiary/aromatic N) is 3. The monoisotopic (exact) mass is 266 g/mol. The highest BCUT2D eigenvalue weighted by Crippen LogP contribution is 2.16. The predicted molar refractivity (Wildman–Crippen MR) is 73.8 cm³/mol. The van der Waals surface area contributed by atoms with E-state index >= 15 is 0 Å². The van der Waals surface area contributed by atoms with Gasteiger partial charge in [0.05, 0.1) is 0 Å². The van der Waals surface area contributed by atoms with Gasteiger partial charge in [0.2, 0.25) is 0 Å². The third-order valence-electron chi connectivity index (χ3n) is 2.35. The lowest BCUT2D eigenvalue weighted by Crippen LogP contribution is -2.41. The van der Waals surface area contributed by atoms with E-state index in [-0.39, 0.29) is 18.1 Å². The second kappa shape index (κ2) is 7.04. The minimum absolute atomic E-state index is 0.00480. The summed E-state index contributed by atoms with van der Waals surface area (Å²) in [6.45, 7) is 7.38. The highest BCUT2D eigenvalue weighted by molar-refractivity contribution is 5.88. The molecule has 0 aromatic carbocycles. The molecule has 0 aliphatic rings. The maximum absolute atomic E-state index is 12.2. The zero-order chi connectivity index (χ0) is 14.3. The molecular formula is C13H22N4O2. The van der Waals surface area contributed by atoms with Crippen LogP contribution in [0, 0.1) is 5.41 Å². The molecule has 0 saturated heterocycles. The van der Waals surface area contributed by atoms with Gasteiger partial charge in [-0.05, 0) is 24.0 Å². The number of urea groups is 1. The van der Waals surface area contributed by atoms with E-state index in [1.807, 2.05) is 0 Å². The summed E-state index contributed by atoms with van der Waals surface area (Å²) >= 11 is 0. The summed E-state index contributed by atoms with van der Waals surface area (Å²) in [4.78, 5) is 13.8. The molecule has 1 aromatic rings. The van der Waals surface area contributed by atoms with Gasteiger partial charge in [0.1, 0.15) is 0 Å². The summed E-state index contributed by atoms with van der Waals surface area (Å²) in [6, 6.07) is 3.18. The van der Waals surface area contributed by atoms with Gasteiger partial charge in [0, 0.05) is 25.9 Å². The van der Waals surface area contributed by atoms with Crippen molar-refractivity contribution in [2.24, 2.45) is 5.41 Å². The molecule has 0 atom stereocenters. The Morgan fingerprint density at radius 2 is 2.21 bits per heavy atom. The second-order valence-electron chi connectivity index (χ2n) is 5.60. The number of amides is 2. The predicted octanol–water partition coefficient (Wildman–Crippen LogP) is 1.74. The maximum Gasteiger partial charge on any atom is 0.323 e. The number of hydrogen-bond donors (Lipinski definition) is 2. The Hall–Kier alpha value is -1.69. The number of anilines is 1. The molecule has 0 spiro atoms. The fourth-order valence-corrected chi connectivity index (χ4v) is 1.64. The zero-order valence-electron chi connectivity index (χ0n) is 11.8. The molecule has 0 bridgehead atoms. The number of carbonyl (C=O) groups excluding carboxylic acids is 1. The first-order valence-electron chi connectivity index (χ1n) is 6.37. The Bertz CT molecular complexity index is 389. The number of carbonyl (C=O) groups is 1. The lowest BCUT2D eigenvalue weighted by molar-refractivity contribution is 0.176. The maximum atomic E-state index is 12.2. The summed E-state index contributed by atoms with van der Waals surface area (Å²) in [7, 11) is 0. The van der Waals surface area contributed by atoms with E-state index < -0.39 is 0 Å². The van der Waals surface area contributed by atoms with E-state index in [1.165, 1.54) is 0 Å². The first-order chi connectivity index (χ1) is 8.92. The molecule has 19 heavy (non-hydrogen) atoms. The van der Waals surface area contributed by atoms with Crippen LogP contribution in [0.15, 0.2) is 18.3 Å². The average Bonchev–Trinajstić information content (AvgIpc) is 2.34. The molecule has 0 radical (unpaired) electrons. The molecule has 0 aliphatic carbocycles. The standard InChI is InChI=1S/C13H22N4O2/c1-13(2,3)10-17(8-5-9-18)12(19)15-11-6-4-7-14-16-11/h4,6-7,18H,5,8-10H2,1-3H3,(H,15,16,19). The van der Waals surface area contributed by atoms with Crippen molar-refractivity contribution in [2.75, 3.05) is 25.0 Å². The van der Waals surface area contributed by atoms with Crippen molar-refractivity contribution in [3.63, 3.8) is 0 Å². The first kappa shape index (κ1) is 15.4. The number of rotatable bonds is 5. The van der Waals surface area contributed by atoms with Crippen molar-refractivity contribution < 1.29 is 9.90 Å². The Morgan fingerprint density at radius 1 is 1.47 bits per heavy atom. The molecule has 0 aliphatic heterocycles. The molecule has 0 saturated carbocycles. The third kappa shape index (κ3) is 6.15. The lowest BCUT2D eigenvalue weighted by Gasteiger charge is -2.29. The summed E-state index contributed by atoms with van der Waals surface area (Å²) in [6.07, 6.45) is 2.11. The number of aliphatic hydroxyl groups excluding tert-OH is 1. The van der Waals surface area contributed by atoms with Gasteiger partial charge < -0.3 is 10.0 Å². The summed E-state index contributed by atoms with van der Waals surface area (Å²) in [5, 5.41) is 19.1. The van der Waals surface area contributed by atoms with Gasteiger partial charge in [-0.25, -0.2) is 4.79 Å². The quantitative estimate of drug-likeness (QED) is 0.851. The molecule has 2 N–H and O–H groups in total. The molecule has 1 aromatic heterocycles. The Kier molecular flexibility index (Phi) is 5.69. The smallest absolute Gasteiger partial charge is 0.323 e. The molecule has 6 nitrogen and oxygen atoms in total. The average molecular weight is 266 g/mol. The van der Waals surface area contributed by atoms with Gasteiger partial charge >= 0.3 is 6.03 Å². The highest BCUT2D eigenvalue weighted by atomic mass is 16.3. The van der Waals surface area contributed by atoms with Crippen LogP contribution in [0.4, 0.5) is 10.6 Å². The zero-order valence-corrected chi connectivity index (χ0v) is 11.8.